The summed E-state index contributed by atoms with van der Waals surface area (Å²) in [5.74, 6) is 0.846. The smallest absolute Gasteiger partial charge is 0.229 e. The van der Waals surface area contributed by atoms with Crippen molar-refractivity contribution in [1.29, 1.82) is 0 Å². The van der Waals surface area contributed by atoms with Crippen LogP contribution in [0.2, 0.25) is 5.02 Å². The fraction of sp³-hybridized carbons (Fsp3) is 0. The number of hydrogen-bond acceptors (Lipinski definition) is 4. The van der Waals surface area contributed by atoms with Crippen LogP contribution in [0, 0.1) is 0 Å². The van der Waals surface area contributed by atoms with Gasteiger partial charge in [0.05, 0.1) is 15.2 Å². The molecule has 16 heavy (non-hydrogen) atoms. The first kappa shape index (κ1) is 11.2. The van der Waals surface area contributed by atoms with E-state index < -0.39 is 0 Å². The Hall–Kier alpha value is -1.33. The molecule has 0 saturated carbocycles. The molecule has 0 aliphatic heterocycles. The predicted molar refractivity (Wildman–Crippen MR) is 68.9 cm³/mol. The summed E-state index contributed by atoms with van der Waals surface area (Å²) in [6.45, 7) is 0. The lowest BCUT2D eigenvalue weighted by atomic mass is 10.3. The summed E-state index contributed by atoms with van der Waals surface area (Å²) >= 11 is 9.33. The van der Waals surface area contributed by atoms with Gasteiger partial charge in [0.2, 0.25) is 5.95 Å². The van der Waals surface area contributed by atoms with Gasteiger partial charge in [-0.3, -0.25) is 0 Å². The van der Waals surface area contributed by atoms with Crippen molar-refractivity contribution in [3.8, 4) is 0 Å². The van der Waals surface area contributed by atoms with Gasteiger partial charge in [-0.1, -0.05) is 17.7 Å². The summed E-state index contributed by atoms with van der Waals surface area (Å²) in [5.41, 5.74) is 6.34. The number of nitrogens with two attached hydrogens (primary N) is 1. The fourth-order valence-corrected chi connectivity index (χ4v) is 1.69. The molecule has 1 aromatic heterocycles. The highest BCUT2D eigenvalue weighted by atomic mass is 79.9. The lowest BCUT2D eigenvalue weighted by Gasteiger charge is -2.07. The van der Waals surface area contributed by atoms with Crippen LogP contribution in [0.4, 0.5) is 17.5 Å². The topological polar surface area (TPSA) is 63.8 Å². The third-order valence-corrected chi connectivity index (χ3v) is 3.27. The second-order valence-corrected chi connectivity index (χ2v) is 4.23. The molecule has 0 spiro atoms. The first-order valence-corrected chi connectivity index (χ1v) is 5.63. The Morgan fingerprint density at radius 2 is 2.12 bits per heavy atom. The van der Waals surface area contributed by atoms with Crippen LogP contribution in [0.3, 0.4) is 0 Å². The summed E-state index contributed by atoms with van der Waals surface area (Å²) in [6, 6.07) is 7.11. The van der Waals surface area contributed by atoms with E-state index in [0.717, 1.165) is 10.2 Å². The minimum Gasteiger partial charge on any atom is -0.384 e. The normalized spacial score (nSPS) is 10.1. The molecule has 2 rings (SSSR count). The molecule has 6 heteroatoms. The third-order valence-electron chi connectivity index (χ3n) is 1.88. The van der Waals surface area contributed by atoms with Crippen molar-refractivity contribution in [2.24, 2.45) is 0 Å². The number of aromatic nitrogens is 2. The largest absolute Gasteiger partial charge is 0.384 e. The number of hydrogen-bond donors (Lipinski definition) is 2. The molecule has 0 saturated heterocycles. The number of nitrogens with one attached hydrogen (secondary N) is 1. The van der Waals surface area contributed by atoms with Crippen LogP contribution in [0.15, 0.2) is 34.9 Å². The molecule has 4 nitrogen and oxygen atoms in total. The van der Waals surface area contributed by atoms with Gasteiger partial charge in [0, 0.05) is 6.20 Å². The maximum Gasteiger partial charge on any atom is 0.229 e. The molecule has 1 heterocycles. The maximum atomic E-state index is 5.96. The van der Waals surface area contributed by atoms with Crippen LogP contribution in [0.25, 0.3) is 0 Å². The number of halogens is 2. The van der Waals surface area contributed by atoms with E-state index in [4.69, 9.17) is 17.3 Å². The molecule has 0 atom stereocenters. The number of nitrogen functional groups attached to an aromatic ring is 1. The van der Waals surface area contributed by atoms with Gasteiger partial charge in [0.1, 0.15) is 5.82 Å². The van der Waals surface area contributed by atoms with E-state index in [-0.39, 0.29) is 0 Å². The Morgan fingerprint density at radius 1 is 1.31 bits per heavy atom. The van der Waals surface area contributed by atoms with E-state index in [1.54, 1.807) is 18.3 Å². The number of anilines is 3. The average molecular weight is 300 g/mol. The third kappa shape index (κ3) is 2.43. The predicted octanol–water partition coefficient (Wildman–Crippen LogP) is 3.22. The van der Waals surface area contributed by atoms with Crippen LogP contribution in [0.5, 0.6) is 0 Å². The second-order valence-electron chi connectivity index (χ2n) is 3.03. The number of nitrogens with zero attached hydrogens (tertiary/aromatic N) is 2. The van der Waals surface area contributed by atoms with Gasteiger partial charge in [-0.2, -0.15) is 4.98 Å². The average Bonchev–Trinajstić information content (AvgIpc) is 2.25. The molecule has 1 aromatic carbocycles. The molecule has 0 aliphatic carbocycles. The minimum absolute atomic E-state index is 0.413. The number of benzene rings is 1. The van der Waals surface area contributed by atoms with Crippen molar-refractivity contribution in [2.75, 3.05) is 11.1 Å². The summed E-state index contributed by atoms with van der Waals surface area (Å²) in [6.07, 6.45) is 1.59. The standard InChI is InChI=1S/C10H8BrClN4/c11-9-6(12)2-1-3-7(9)15-10-14-5-4-8(13)16-10/h1-5H,(H3,13,14,15,16). The zero-order valence-electron chi connectivity index (χ0n) is 8.11. The van der Waals surface area contributed by atoms with Crippen molar-refractivity contribution in [1.82, 2.24) is 9.97 Å². The maximum absolute atomic E-state index is 5.96. The first-order chi connectivity index (χ1) is 7.66. The van der Waals surface area contributed by atoms with Gasteiger partial charge in [-0.05, 0) is 34.1 Å². The lowest BCUT2D eigenvalue weighted by Crippen LogP contribution is -1.99. The molecular formula is C10H8BrClN4. The van der Waals surface area contributed by atoms with Crippen molar-refractivity contribution in [3.63, 3.8) is 0 Å². The van der Waals surface area contributed by atoms with E-state index in [0.29, 0.717) is 16.8 Å². The quantitative estimate of drug-likeness (QED) is 0.893. The van der Waals surface area contributed by atoms with Gasteiger partial charge in [0.15, 0.2) is 0 Å². The molecule has 82 valence electrons. The highest BCUT2D eigenvalue weighted by Gasteiger charge is 2.05. The SMILES string of the molecule is Nc1ccnc(Nc2cccc(Cl)c2Br)n1. The van der Waals surface area contributed by atoms with Gasteiger partial charge in [-0.15, -0.1) is 0 Å². The fourth-order valence-electron chi connectivity index (χ4n) is 1.15. The van der Waals surface area contributed by atoms with Gasteiger partial charge in [-0.25, -0.2) is 4.98 Å². The van der Waals surface area contributed by atoms with Crippen LogP contribution < -0.4 is 11.1 Å². The van der Waals surface area contributed by atoms with E-state index in [1.807, 2.05) is 12.1 Å². The Balaban J connectivity index is 2.31. The Bertz CT molecular complexity index is 518. The van der Waals surface area contributed by atoms with E-state index in [2.05, 4.69) is 31.2 Å². The first-order valence-electron chi connectivity index (χ1n) is 4.46. The van der Waals surface area contributed by atoms with Crippen LogP contribution in [-0.2, 0) is 0 Å². The highest BCUT2D eigenvalue weighted by molar-refractivity contribution is 9.10. The van der Waals surface area contributed by atoms with Crippen molar-refractivity contribution < 1.29 is 0 Å². The summed E-state index contributed by atoms with van der Waals surface area (Å²) in [4.78, 5) is 8.07. The van der Waals surface area contributed by atoms with Gasteiger partial charge < -0.3 is 11.1 Å². The van der Waals surface area contributed by atoms with E-state index in [1.165, 1.54) is 0 Å². The lowest BCUT2D eigenvalue weighted by molar-refractivity contribution is 1.17. The van der Waals surface area contributed by atoms with Gasteiger partial charge >= 0.3 is 0 Å². The summed E-state index contributed by atoms with van der Waals surface area (Å²) in [5, 5.41) is 3.64. The Kier molecular flexibility index (Phi) is 3.26. The molecule has 0 fully saturated rings. The zero-order valence-corrected chi connectivity index (χ0v) is 10.5. The van der Waals surface area contributed by atoms with Crippen LogP contribution >= 0.6 is 27.5 Å². The second kappa shape index (κ2) is 4.67. The molecule has 0 aliphatic rings. The Morgan fingerprint density at radius 3 is 2.88 bits per heavy atom. The molecule has 0 unspecified atom stereocenters. The molecule has 3 N–H and O–H groups in total. The van der Waals surface area contributed by atoms with E-state index in [9.17, 15) is 0 Å². The highest BCUT2D eigenvalue weighted by Crippen LogP contribution is 2.31. The minimum atomic E-state index is 0.413. The number of rotatable bonds is 2. The van der Waals surface area contributed by atoms with Crippen molar-refractivity contribution in [2.45, 2.75) is 0 Å². The van der Waals surface area contributed by atoms with Gasteiger partial charge in [0.25, 0.3) is 0 Å². The summed E-state index contributed by atoms with van der Waals surface area (Å²) in [7, 11) is 0. The van der Waals surface area contributed by atoms with E-state index >= 15 is 0 Å². The van der Waals surface area contributed by atoms with Crippen molar-refractivity contribution in [3.05, 3.63) is 40.0 Å². The monoisotopic (exact) mass is 298 g/mol. The molecule has 0 bridgehead atoms. The molecule has 0 amide bonds. The molecule has 0 radical (unpaired) electrons. The molecule has 2 aromatic rings. The Labute approximate surface area is 106 Å². The van der Waals surface area contributed by atoms with Crippen LogP contribution in [0.1, 0.15) is 0 Å². The van der Waals surface area contributed by atoms with Crippen molar-refractivity contribution >= 4 is 45.0 Å². The molecular weight excluding hydrogens is 291 g/mol. The van der Waals surface area contributed by atoms with Crippen LogP contribution in [-0.4, -0.2) is 9.97 Å². The summed E-state index contributed by atoms with van der Waals surface area (Å²) < 4.78 is 0.766. The zero-order chi connectivity index (χ0) is 11.5.